The molecule has 0 saturated carbocycles. The van der Waals surface area contributed by atoms with Gasteiger partial charge in [-0.15, -0.1) is 0 Å². The molecule has 0 bridgehead atoms. The lowest BCUT2D eigenvalue weighted by atomic mass is 10.2. The highest BCUT2D eigenvalue weighted by molar-refractivity contribution is 7.92. The van der Waals surface area contributed by atoms with Gasteiger partial charge in [0.25, 0.3) is 0 Å². The molecule has 0 heterocycles. The number of benzene rings is 1. The van der Waals surface area contributed by atoms with E-state index in [-0.39, 0.29) is 23.5 Å². The van der Waals surface area contributed by atoms with Gasteiger partial charge in [0, 0.05) is 13.1 Å². The van der Waals surface area contributed by atoms with Gasteiger partial charge in [-0.25, -0.2) is 8.42 Å². The Morgan fingerprint density at radius 3 is 2.45 bits per heavy atom. The van der Waals surface area contributed by atoms with Crippen molar-refractivity contribution in [3.05, 3.63) is 35.9 Å². The molecule has 0 aromatic heterocycles. The lowest BCUT2D eigenvalue weighted by Gasteiger charge is -2.09. The summed E-state index contributed by atoms with van der Waals surface area (Å²) < 4.78 is 23.1. The smallest absolute Gasteiger partial charge is 0.234 e. The van der Waals surface area contributed by atoms with Crippen LogP contribution in [0.2, 0.25) is 0 Å². The average molecular weight is 298 g/mol. The number of rotatable bonds is 8. The van der Waals surface area contributed by atoms with E-state index in [4.69, 9.17) is 0 Å². The highest BCUT2D eigenvalue weighted by atomic mass is 32.2. The van der Waals surface area contributed by atoms with Crippen molar-refractivity contribution < 1.29 is 13.2 Å². The molecule has 0 aliphatic rings. The van der Waals surface area contributed by atoms with Crippen LogP contribution >= 0.6 is 0 Å². The average Bonchev–Trinajstić information content (AvgIpc) is 2.42. The third-order valence-corrected chi connectivity index (χ3v) is 5.11. The maximum atomic E-state index is 11.6. The zero-order valence-corrected chi connectivity index (χ0v) is 12.7. The number of hydrogen-bond donors (Lipinski definition) is 2. The fourth-order valence-electron chi connectivity index (χ4n) is 1.51. The maximum absolute atomic E-state index is 11.6. The summed E-state index contributed by atoms with van der Waals surface area (Å²) in [7, 11) is -3.05. The van der Waals surface area contributed by atoms with Crippen molar-refractivity contribution in [2.24, 2.45) is 0 Å². The van der Waals surface area contributed by atoms with Crippen molar-refractivity contribution in [2.75, 3.05) is 18.8 Å². The van der Waals surface area contributed by atoms with E-state index in [0.717, 1.165) is 5.56 Å². The van der Waals surface area contributed by atoms with Gasteiger partial charge in [-0.2, -0.15) is 0 Å². The molecule has 0 radical (unpaired) electrons. The number of sulfone groups is 1. The van der Waals surface area contributed by atoms with Crippen LogP contribution in [0.25, 0.3) is 0 Å². The molecule has 0 atom stereocenters. The lowest BCUT2D eigenvalue weighted by molar-refractivity contribution is -0.120. The third-order valence-electron chi connectivity index (χ3n) is 2.90. The first-order chi connectivity index (χ1) is 9.42. The quantitative estimate of drug-likeness (QED) is 0.693. The first-order valence-electron chi connectivity index (χ1n) is 6.64. The van der Waals surface area contributed by atoms with Gasteiger partial charge in [-0.05, 0) is 19.4 Å². The van der Waals surface area contributed by atoms with E-state index in [0.29, 0.717) is 13.1 Å². The highest BCUT2D eigenvalue weighted by Crippen LogP contribution is 1.99. The van der Waals surface area contributed by atoms with Crippen molar-refractivity contribution in [1.82, 2.24) is 10.6 Å². The van der Waals surface area contributed by atoms with Crippen LogP contribution in [0.3, 0.4) is 0 Å². The zero-order chi connectivity index (χ0) is 15.0. The van der Waals surface area contributed by atoms with Gasteiger partial charge < -0.3 is 10.6 Å². The first-order valence-corrected chi connectivity index (χ1v) is 8.36. The SMILES string of the molecule is CC(C)S(=O)(=O)CCNCC(=O)NCc1ccccc1. The minimum absolute atomic E-state index is 0.0522. The molecule has 1 aromatic rings. The van der Waals surface area contributed by atoms with Gasteiger partial charge in [0.1, 0.15) is 0 Å². The zero-order valence-electron chi connectivity index (χ0n) is 11.9. The molecule has 0 unspecified atom stereocenters. The van der Waals surface area contributed by atoms with Crippen LogP contribution in [0, 0.1) is 0 Å². The van der Waals surface area contributed by atoms with Gasteiger partial charge in [-0.1, -0.05) is 30.3 Å². The fourth-order valence-corrected chi connectivity index (χ4v) is 2.41. The predicted molar refractivity (Wildman–Crippen MR) is 80.1 cm³/mol. The summed E-state index contributed by atoms with van der Waals surface area (Å²) in [5.41, 5.74) is 1.03. The Morgan fingerprint density at radius 2 is 1.85 bits per heavy atom. The normalized spacial score (nSPS) is 11.6. The van der Waals surface area contributed by atoms with Crippen LogP contribution < -0.4 is 10.6 Å². The largest absolute Gasteiger partial charge is 0.351 e. The second kappa shape index (κ2) is 8.01. The van der Waals surface area contributed by atoms with Crippen LogP contribution in [0.4, 0.5) is 0 Å². The van der Waals surface area contributed by atoms with Gasteiger partial charge in [0.15, 0.2) is 9.84 Å². The van der Waals surface area contributed by atoms with Crippen LogP contribution in [0.15, 0.2) is 30.3 Å². The second-order valence-electron chi connectivity index (χ2n) is 4.85. The number of carbonyl (C=O) groups is 1. The Kier molecular flexibility index (Phi) is 6.67. The van der Waals surface area contributed by atoms with Crippen molar-refractivity contribution in [3.8, 4) is 0 Å². The van der Waals surface area contributed by atoms with E-state index in [2.05, 4.69) is 10.6 Å². The molecule has 6 heteroatoms. The molecular formula is C14H22N2O3S. The topological polar surface area (TPSA) is 75.3 Å². The van der Waals surface area contributed by atoms with Gasteiger partial charge in [0.2, 0.25) is 5.91 Å². The lowest BCUT2D eigenvalue weighted by Crippen LogP contribution is -2.36. The molecule has 0 spiro atoms. The van der Waals surface area contributed by atoms with E-state index in [1.807, 2.05) is 30.3 Å². The van der Waals surface area contributed by atoms with E-state index >= 15 is 0 Å². The van der Waals surface area contributed by atoms with Crippen molar-refractivity contribution in [2.45, 2.75) is 25.6 Å². The third kappa shape index (κ3) is 6.16. The maximum Gasteiger partial charge on any atom is 0.234 e. The van der Waals surface area contributed by atoms with E-state index in [1.165, 1.54) is 0 Å². The van der Waals surface area contributed by atoms with Crippen LogP contribution in [0.1, 0.15) is 19.4 Å². The fraction of sp³-hybridized carbons (Fsp3) is 0.500. The Labute approximate surface area is 120 Å². The number of carbonyl (C=O) groups excluding carboxylic acids is 1. The van der Waals surface area contributed by atoms with Gasteiger partial charge in [-0.3, -0.25) is 4.79 Å². The molecule has 20 heavy (non-hydrogen) atoms. The van der Waals surface area contributed by atoms with Crippen LogP contribution in [-0.4, -0.2) is 38.4 Å². The van der Waals surface area contributed by atoms with E-state index < -0.39 is 9.84 Å². The molecule has 5 nitrogen and oxygen atoms in total. The molecular weight excluding hydrogens is 276 g/mol. The predicted octanol–water partition coefficient (Wildman–Crippen LogP) is 0.716. The molecule has 1 rings (SSSR count). The second-order valence-corrected chi connectivity index (χ2v) is 7.53. The Hall–Kier alpha value is -1.40. The Morgan fingerprint density at radius 1 is 1.20 bits per heavy atom. The summed E-state index contributed by atoms with van der Waals surface area (Å²) in [5.74, 6) is -0.0906. The van der Waals surface area contributed by atoms with E-state index in [9.17, 15) is 13.2 Å². The van der Waals surface area contributed by atoms with Crippen molar-refractivity contribution in [3.63, 3.8) is 0 Å². The van der Waals surface area contributed by atoms with Gasteiger partial charge >= 0.3 is 0 Å². The van der Waals surface area contributed by atoms with Crippen LogP contribution in [0.5, 0.6) is 0 Å². The summed E-state index contributed by atoms with van der Waals surface area (Å²) in [5, 5.41) is 5.23. The summed E-state index contributed by atoms with van der Waals surface area (Å²) >= 11 is 0. The Balaban J connectivity index is 2.18. The molecule has 0 aliphatic carbocycles. The monoisotopic (exact) mass is 298 g/mol. The summed E-state index contributed by atoms with van der Waals surface area (Å²) in [6, 6.07) is 9.61. The molecule has 0 fully saturated rings. The molecule has 0 aliphatic heterocycles. The number of amides is 1. The number of hydrogen-bond acceptors (Lipinski definition) is 4. The minimum atomic E-state index is -3.05. The molecule has 1 aromatic carbocycles. The standard InChI is InChI=1S/C14H22N2O3S/c1-12(2)20(18,19)9-8-15-11-14(17)16-10-13-6-4-3-5-7-13/h3-7,12,15H,8-11H2,1-2H3,(H,16,17). The van der Waals surface area contributed by atoms with Gasteiger partial charge in [0.05, 0.1) is 17.5 Å². The number of nitrogens with one attached hydrogen (secondary N) is 2. The molecule has 1 amide bonds. The summed E-state index contributed by atoms with van der Waals surface area (Å²) in [6.45, 7) is 4.20. The van der Waals surface area contributed by atoms with Crippen molar-refractivity contribution in [1.29, 1.82) is 0 Å². The summed E-state index contributed by atoms with van der Waals surface area (Å²) in [4.78, 5) is 11.6. The molecule has 112 valence electrons. The highest BCUT2D eigenvalue weighted by Gasteiger charge is 2.15. The first kappa shape index (κ1) is 16.7. The Bertz CT molecular complexity index is 512. The molecule has 2 N–H and O–H groups in total. The van der Waals surface area contributed by atoms with Crippen molar-refractivity contribution >= 4 is 15.7 Å². The minimum Gasteiger partial charge on any atom is -0.351 e. The molecule has 0 saturated heterocycles. The van der Waals surface area contributed by atoms with E-state index in [1.54, 1.807) is 13.8 Å². The summed E-state index contributed by atoms with van der Waals surface area (Å²) in [6.07, 6.45) is 0. The van der Waals surface area contributed by atoms with Crippen LogP contribution in [-0.2, 0) is 21.2 Å².